The predicted octanol–water partition coefficient (Wildman–Crippen LogP) is 2.73. The maximum absolute atomic E-state index is 12.3. The number of thioether (sulfide) groups is 1. The molecule has 0 aliphatic rings. The van der Waals surface area contributed by atoms with E-state index in [0.717, 1.165) is 16.4 Å². The van der Waals surface area contributed by atoms with Crippen LogP contribution >= 0.6 is 23.1 Å². The first-order valence-electron chi connectivity index (χ1n) is 6.25. The molecular formula is C13H18N2O2S2. The molecule has 0 aromatic carbocycles. The Balaban J connectivity index is 2.29. The second-order valence-electron chi connectivity index (χ2n) is 4.99. The van der Waals surface area contributed by atoms with Gasteiger partial charge in [0.05, 0.1) is 11.1 Å². The zero-order chi connectivity index (χ0) is 14.0. The molecule has 0 saturated carbocycles. The van der Waals surface area contributed by atoms with Crippen molar-refractivity contribution in [3.05, 3.63) is 21.8 Å². The molecule has 6 heteroatoms. The number of thiophene rings is 1. The van der Waals surface area contributed by atoms with Gasteiger partial charge in [-0.15, -0.1) is 11.3 Å². The van der Waals surface area contributed by atoms with Gasteiger partial charge in [-0.2, -0.15) is 0 Å². The Morgan fingerprint density at radius 1 is 1.53 bits per heavy atom. The second kappa shape index (κ2) is 5.64. The average Bonchev–Trinajstić information content (AvgIpc) is 2.76. The van der Waals surface area contributed by atoms with Crippen molar-refractivity contribution < 1.29 is 5.11 Å². The van der Waals surface area contributed by atoms with Crippen LogP contribution in [0.15, 0.2) is 21.4 Å². The molecule has 0 fully saturated rings. The van der Waals surface area contributed by atoms with Crippen LogP contribution in [-0.2, 0) is 6.54 Å². The van der Waals surface area contributed by atoms with Crippen LogP contribution in [0.5, 0.6) is 0 Å². The lowest BCUT2D eigenvalue weighted by Crippen LogP contribution is -2.22. The van der Waals surface area contributed by atoms with Gasteiger partial charge in [-0.1, -0.05) is 11.8 Å². The van der Waals surface area contributed by atoms with Gasteiger partial charge in [0.1, 0.15) is 4.70 Å². The molecule has 0 aliphatic heterocycles. The van der Waals surface area contributed by atoms with Crippen LogP contribution in [0.1, 0.15) is 27.2 Å². The maximum Gasteiger partial charge on any atom is 0.272 e. The number of hydrogen-bond donors (Lipinski definition) is 1. The van der Waals surface area contributed by atoms with E-state index in [9.17, 15) is 9.90 Å². The van der Waals surface area contributed by atoms with Gasteiger partial charge >= 0.3 is 0 Å². The van der Waals surface area contributed by atoms with Crippen molar-refractivity contribution in [1.82, 2.24) is 9.55 Å². The second-order valence-corrected chi connectivity index (χ2v) is 6.97. The van der Waals surface area contributed by atoms with E-state index in [-0.39, 0.29) is 5.56 Å². The zero-order valence-corrected chi connectivity index (χ0v) is 13.0. The topological polar surface area (TPSA) is 55.1 Å². The van der Waals surface area contributed by atoms with Crippen molar-refractivity contribution in [1.29, 1.82) is 0 Å². The summed E-state index contributed by atoms with van der Waals surface area (Å²) in [7, 11) is 0. The van der Waals surface area contributed by atoms with E-state index in [1.54, 1.807) is 18.4 Å². The molecule has 0 saturated heterocycles. The predicted molar refractivity (Wildman–Crippen MR) is 81.2 cm³/mol. The Labute approximate surface area is 120 Å². The van der Waals surface area contributed by atoms with E-state index in [0.29, 0.717) is 17.7 Å². The van der Waals surface area contributed by atoms with Crippen LogP contribution in [0.4, 0.5) is 0 Å². The molecule has 2 aromatic heterocycles. The van der Waals surface area contributed by atoms with Gasteiger partial charge in [0.15, 0.2) is 5.16 Å². The van der Waals surface area contributed by atoms with Gasteiger partial charge in [-0.3, -0.25) is 9.36 Å². The van der Waals surface area contributed by atoms with Crippen LogP contribution in [-0.4, -0.2) is 26.0 Å². The molecule has 2 aromatic rings. The third kappa shape index (κ3) is 3.38. The van der Waals surface area contributed by atoms with E-state index in [2.05, 4.69) is 4.98 Å². The summed E-state index contributed by atoms with van der Waals surface area (Å²) in [6, 6.07) is 1.88. The van der Waals surface area contributed by atoms with Crippen LogP contribution in [0, 0.1) is 0 Å². The first-order valence-corrected chi connectivity index (χ1v) is 8.12. The first kappa shape index (κ1) is 14.6. The zero-order valence-electron chi connectivity index (χ0n) is 11.3. The Morgan fingerprint density at radius 3 is 2.89 bits per heavy atom. The van der Waals surface area contributed by atoms with Crippen molar-refractivity contribution in [2.75, 3.05) is 5.75 Å². The fourth-order valence-electron chi connectivity index (χ4n) is 1.70. The Kier molecular flexibility index (Phi) is 4.32. The minimum Gasteiger partial charge on any atom is -0.390 e. The van der Waals surface area contributed by atoms with Gasteiger partial charge in [0.25, 0.3) is 5.56 Å². The van der Waals surface area contributed by atoms with E-state index in [4.69, 9.17) is 0 Å². The highest BCUT2D eigenvalue weighted by atomic mass is 32.2. The molecule has 104 valence electrons. The lowest BCUT2D eigenvalue weighted by Gasteiger charge is -2.16. The number of aliphatic hydroxyl groups is 1. The maximum atomic E-state index is 12.3. The summed E-state index contributed by atoms with van der Waals surface area (Å²) in [5.74, 6) is 0.742. The minimum atomic E-state index is -0.684. The SMILES string of the molecule is CCn1c(SCCC(C)(C)O)nc2ccsc2c1=O. The molecule has 0 amide bonds. The number of nitrogens with zero attached hydrogens (tertiary/aromatic N) is 2. The van der Waals surface area contributed by atoms with Gasteiger partial charge in [-0.05, 0) is 38.6 Å². The van der Waals surface area contributed by atoms with Gasteiger partial charge < -0.3 is 5.11 Å². The third-order valence-corrected chi connectivity index (χ3v) is 4.66. The molecule has 0 aliphatic carbocycles. The van der Waals surface area contributed by atoms with Crippen molar-refractivity contribution >= 4 is 33.3 Å². The molecule has 0 spiro atoms. The largest absolute Gasteiger partial charge is 0.390 e. The van der Waals surface area contributed by atoms with Crippen molar-refractivity contribution in [2.24, 2.45) is 0 Å². The standard InChI is InChI=1S/C13H18N2O2S2/c1-4-15-11(16)10-9(5-7-18-10)14-12(15)19-8-6-13(2,3)17/h5,7,17H,4,6,8H2,1-3H3. The smallest absolute Gasteiger partial charge is 0.272 e. The molecule has 1 N–H and O–H groups in total. The summed E-state index contributed by atoms with van der Waals surface area (Å²) in [5.41, 5.74) is 0.121. The summed E-state index contributed by atoms with van der Waals surface area (Å²) < 4.78 is 2.42. The van der Waals surface area contributed by atoms with E-state index < -0.39 is 5.60 Å². The van der Waals surface area contributed by atoms with Crippen molar-refractivity contribution in [2.45, 2.75) is 44.5 Å². The van der Waals surface area contributed by atoms with Crippen LogP contribution in [0.3, 0.4) is 0 Å². The molecule has 19 heavy (non-hydrogen) atoms. The van der Waals surface area contributed by atoms with Crippen LogP contribution in [0.2, 0.25) is 0 Å². The summed E-state index contributed by atoms with van der Waals surface area (Å²) in [4.78, 5) is 16.8. The van der Waals surface area contributed by atoms with E-state index in [1.165, 1.54) is 23.1 Å². The lowest BCUT2D eigenvalue weighted by molar-refractivity contribution is 0.0777. The highest BCUT2D eigenvalue weighted by Gasteiger charge is 2.15. The van der Waals surface area contributed by atoms with E-state index >= 15 is 0 Å². The minimum absolute atomic E-state index is 0.0354. The summed E-state index contributed by atoms with van der Waals surface area (Å²) in [5, 5.41) is 12.3. The van der Waals surface area contributed by atoms with Crippen LogP contribution in [0.25, 0.3) is 10.2 Å². The van der Waals surface area contributed by atoms with Gasteiger partial charge in [0, 0.05) is 12.3 Å². The molecular weight excluding hydrogens is 280 g/mol. The molecule has 0 unspecified atom stereocenters. The fourth-order valence-corrected chi connectivity index (χ4v) is 3.80. The number of hydrogen-bond acceptors (Lipinski definition) is 5. The molecule has 0 atom stereocenters. The third-order valence-electron chi connectivity index (χ3n) is 2.79. The summed E-state index contributed by atoms with van der Waals surface area (Å²) in [6.07, 6.45) is 0.666. The summed E-state index contributed by atoms with van der Waals surface area (Å²) in [6.45, 7) is 6.14. The molecule has 0 radical (unpaired) electrons. The Bertz CT molecular complexity index is 626. The first-order chi connectivity index (χ1) is 8.92. The molecule has 4 nitrogen and oxygen atoms in total. The van der Waals surface area contributed by atoms with Gasteiger partial charge in [-0.25, -0.2) is 4.98 Å². The summed E-state index contributed by atoms with van der Waals surface area (Å²) >= 11 is 2.96. The average molecular weight is 298 g/mol. The quantitative estimate of drug-likeness (QED) is 0.681. The van der Waals surface area contributed by atoms with Crippen molar-refractivity contribution in [3.63, 3.8) is 0 Å². The number of fused-ring (bicyclic) bond motifs is 1. The highest BCUT2D eigenvalue weighted by Crippen LogP contribution is 2.23. The lowest BCUT2D eigenvalue weighted by atomic mass is 10.1. The fraction of sp³-hybridized carbons (Fsp3) is 0.538. The van der Waals surface area contributed by atoms with Crippen molar-refractivity contribution in [3.8, 4) is 0 Å². The van der Waals surface area contributed by atoms with E-state index in [1.807, 2.05) is 18.4 Å². The monoisotopic (exact) mass is 298 g/mol. The Morgan fingerprint density at radius 2 is 2.26 bits per heavy atom. The molecule has 0 bridgehead atoms. The molecule has 2 rings (SSSR count). The number of rotatable bonds is 5. The highest BCUT2D eigenvalue weighted by molar-refractivity contribution is 7.99. The van der Waals surface area contributed by atoms with Gasteiger partial charge in [0.2, 0.25) is 0 Å². The Hall–Kier alpha value is -0.850. The van der Waals surface area contributed by atoms with Crippen LogP contribution < -0.4 is 5.56 Å². The molecule has 2 heterocycles. The normalized spacial score (nSPS) is 12.2. The number of aromatic nitrogens is 2.